The van der Waals surface area contributed by atoms with Crippen molar-refractivity contribution in [3.8, 4) is 130 Å². The van der Waals surface area contributed by atoms with E-state index < -0.39 is 0 Å². The van der Waals surface area contributed by atoms with Gasteiger partial charge in [-0.15, -0.1) is 0 Å². The lowest BCUT2D eigenvalue weighted by molar-refractivity contribution is 1.18. The summed E-state index contributed by atoms with van der Waals surface area (Å²) in [6.07, 6.45) is 0. The lowest BCUT2D eigenvalue weighted by Gasteiger charge is -2.12. The van der Waals surface area contributed by atoms with Crippen LogP contribution >= 0.6 is 0 Å². The third-order valence-electron chi connectivity index (χ3n) is 23.8. The summed E-state index contributed by atoms with van der Waals surface area (Å²) in [5.41, 5.74) is 26.7. The minimum atomic E-state index is 0.562. The Morgan fingerprint density at radius 1 is 0.203 bits per heavy atom. The molecule has 6 heterocycles. The molecule has 0 aliphatic carbocycles. The first-order valence-electron chi connectivity index (χ1n) is 42.4. The quantitative estimate of drug-likeness (QED) is 0.0697. The molecule has 6 aromatic heterocycles. The van der Waals surface area contributed by atoms with E-state index in [1.54, 1.807) is 12.1 Å². The van der Waals surface area contributed by atoms with E-state index in [1.807, 2.05) is 133 Å². The minimum Gasteiger partial charge on any atom is -0.248 e. The van der Waals surface area contributed by atoms with Gasteiger partial charge in [-0.1, -0.05) is 340 Å². The van der Waals surface area contributed by atoms with Crippen LogP contribution in [0.1, 0.15) is 5.56 Å². The standard InChI is InChI=1S/2C40H24N4.C37H23N3/c1-41-32-14-7-13-31(23-32)40-43-37(28-10-3-2-4-11-28)25-38(44-40)29-19-17-27(18-20-29)34-16-8-12-30-24-35-33-15-6-5-9-26(33)21-22-36(35)42-39(30)34;41-25-26-7-6-11-32(21-26)39-24-38(43-40(44-39)30-8-2-1-3-9-30)29-16-13-27(14-17-29)31-18-15-28-19-20-37-35(34(28)22-31)23-33-10-4-5-12-36(33)42-37;1-2-9-27(10-3-1)37-39-33-13-7-6-12-31(33)36(40-37)26-16-14-24(15-17-26)28-18-19-29-22-32-30-11-5-4-8-25(30)20-21-34(32)38-35(29)23-28/h2-25H;1-24H;1-23H. The minimum absolute atomic E-state index is 0.562. The second-order valence-electron chi connectivity index (χ2n) is 31.7. The maximum absolute atomic E-state index is 9.46. The predicted octanol–water partition coefficient (Wildman–Crippen LogP) is 29.9. The summed E-state index contributed by atoms with van der Waals surface area (Å²) in [5.74, 6) is 1.97. The fourth-order valence-corrected chi connectivity index (χ4v) is 17.3. The fraction of sp³-hybridized carbons (Fsp3) is 0. The molecule has 128 heavy (non-hydrogen) atoms. The second-order valence-corrected chi connectivity index (χ2v) is 31.7. The number of hydrogen-bond acceptors (Lipinski definition) is 10. The van der Waals surface area contributed by atoms with E-state index in [0.29, 0.717) is 22.9 Å². The topological polar surface area (TPSA) is 144 Å². The Bertz CT molecular complexity index is 8570. The molecule has 11 heteroatoms. The van der Waals surface area contributed by atoms with Crippen LogP contribution in [0.2, 0.25) is 0 Å². The van der Waals surface area contributed by atoms with Gasteiger partial charge in [-0.25, -0.2) is 49.7 Å². The molecule has 0 atom stereocenters. The number of aromatic nitrogens is 9. The van der Waals surface area contributed by atoms with Gasteiger partial charge in [0.25, 0.3) is 0 Å². The lowest BCUT2D eigenvalue weighted by Crippen LogP contribution is -1.96. The van der Waals surface area contributed by atoms with E-state index in [-0.39, 0.29) is 0 Å². The number of para-hydroxylation sites is 3. The molecule has 18 aromatic carbocycles. The van der Waals surface area contributed by atoms with Crippen LogP contribution in [-0.2, 0) is 0 Å². The molecule has 0 bridgehead atoms. The number of benzene rings is 18. The second kappa shape index (κ2) is 33.2. The van der Waals surface area contributed by atoms with Crippen molar-refractivity contribution in [2.75, 3.05) is 0 Å². The van der Waals surface area contributed by atoms with Crippen molar-refractivity contribution in [3.05, 3.63) is 448 Å². The van der Waals surface area contributed by atoms with E-state index >= 15 is 0 Å². The summed E-state index contributed by atoms with van der Waals surface area (Å²) in [6.45, 7) is 7.45. The summed E-state index contributed by atoms with van der Waals surface area (Å²) in [5, 5.41) is 24.7. The zero-order chi connectivity index (χ0) is 85.4. The van der Waals surface area contributed by atoms with Gasteiger partial charge in [0.05, 0.1) is 85.3 Å². The zero-order valence-corrected chi connectivity index (χ0v) is 68.9. The van der Waals surface area contributed by atoms with Crippen molar-refractivity contribution < 1.29 is 0 Å². The Hall–Kier alpha value is -17.8. The van der Waals surface area contributed by atoms with Crippen LogP contribution in [-0.4, -0.2) is 44.9 Å². The zero-order valence-electron chi connectivity index (χ0n) is 68.9. The highest BCUT2D eigenvalue weighted by Gasteiger charge is 2.19. The van der Waals surface area contributed by atoms with Crippen molar-refractivity contribution >= 4 is 114 Å². The lowest BCUT2D eigenvalue weighted by atomic mass is 9.97. The average Bonchev–Trinajstić information content (AvgIpc) is 0.768. The first-order valence-corrected chi connectivity index (χ1v) is 42.4. The molecule has 594 valence electrons. The maximum Gasteiger partial charge on any atom is 0.187 e. The van der Waals surface area contributed by atoms with Crippen LogP contribution in [0, 0.1) is 17.9 Å². The summed E-state index contributed by atoms with van der Waals surface area (Å²) >= 11 is 0. The highest BCUT2D eigenvalue weighted by atomic mass is 14.9. The van der Waals surface area contributed by atoms with Gasteiger partial charge in [-0.2, -0.15) is 5.26 Å². The smallest absolute Gasteiger partial charge is 0.187 e. The third kappa shape index (κ3) is 15.1. The number of pyridine rings is 3. The number of nitrogens with zero attached hydrogens (tertiary/aromatic N) is 11. The van der Waals surface area contributed by atoms with E-state index in [2.05, 4.69) is 296 Å². The Balaban J connectivity index is 0.000000113. The Kier molecular flexibility index (Phi) is 19.8. The average molecular weight is 1630 g/mol. The molecule has 0 radical (unpaired) electrons. The number of hydrogen-bond donors (Lipinski definition) is 0. The SMILES string of the molecule is N#Cc1cccc(-c2cc(-c3ccc(-c4ccc5ccc6nc7ccccc7cc6c5c4)cc3)nc(-c3ccccc3)n2)c1.[C-]#[N+]c1cccc(-c2nc(-c3ccccc3)cc(-c3ccc(-c4cccc5cc6c(ccc7ccccc76)nc45)cc3)n2)c1.c1ccc(-c2nc(-c3ccc(-c4ccc5cc6c(ccc7ccccc76)nc5c4)cc3)c3ccccc3n2)cc1. The van der Waals surface area contributed by atoms with Gasteiger partial charge in [0.15, 0.2) is 23.2 Å². The number of nitriles is 1. The number of rotatable bonds is 11. The highest BCUT2D eigenvalue weighted by Crippen LogP contribution is 2.40. The first kappa shape index (κ1) is 76.4. The first-order chi connectivity index (χ1) is 63.2. The molecule has 0 N–H and O–H groups in total. The molecule has 11 nitrogen and oxygen atoms in total. The maximum atomic E-state index is 9.46. The Labute approximate surface area is 737 Å². The molecule has 0 saturated carbocycles. The van der Waals surface area contributed by atoms with E-state index in [1.165, 1.54) is 43.1 Å². The molecule has 24 rings (SSSR count). The number of fused-ring (bicyclic) bond motifs is 13. The van der Waals surface area contributed by atoms with Crippen molar-refractivity contribution in [1.82, 2.24) is 44.9 Å². The largest absolute Gasteiger partial charge is 0.248 e. The van der Waals surface area contributed by atoms with Crippen molar-refractivity contribution in [2.24, 2.45) is 0 Å². The third-order valence-corrected chi connectivity index (χ3v) is 23.8. The van der Waals surface area contributed by atoms with Gasteiger partial charge in [0, 0.05) is 87.8 Å². The van der Waals surface area contributed by atoms with Crippen LogP contribution in [0.3, 0.4) is 0 Å². The molecule has 0 saturated heterocycles. The monoisotopic (exact) mass is 1630 g/mol. The molecule has 0 aliphatic rings. The van der Waals surface area contributed by atoms with Crippen molar-refractivity contribution in [3.63, 3.8) is 0 Å². The summed E-state index contributed by atoms with van der Waals surface area (Å²) in [7, 11) is 0. The van der Waals surface area contributed by atoms with Gasteiger partial charge in [0.2, 0.25) is 0 Å². The summed E-state index contributed by atoms with van der Waals surface area (Å²) in [4.78, 5) is 48.3. The van der Waals surface area contributed by atoms with E-state index in [0.717, 1.165) is 178 Å². The van der Waals surface area contributed by atoms with Crippen LogP contribution in [0.15, 0.2) is 431 Å². The Morgan fingerprint density at radius 3 is 1.22 bits per heavy atom. The molecular weight excluding hydrogens is 1560 g/mol. The molecule has 24 aromatic rings. The van der Waals surface area contributed by atoms with Crippen molar-refractivity contribution in [2.45, 2.75) is 0 Å². The summed E-state index contributed by atoms with van der Waals surface area (Å²) < 4.78 is 0. The van der Waals surface area contributed by atoms with E-state index in [9.17, 15) is 5.26 Å². The Morgan fingerprint density at radius 2 is 0.602 bits per heavy atom. The van der Waals surface area contributed by atoms with Gasteiger partial charge in [-0.3, -0.25) is 0 Å². The molecule has 0 amide bonds. The van der Waals surface area contributed by atoms with Crippen LogP contribution in [0.25, 0.3) is 237 Å². The van der Waals surface area contributed by atoms with Crippen molar-refractivity contribution in [1.29, 1.82) is 5.26 Å². The molecular formula is C117H71N11. The van der Waals surface area contributed by atoms with Gasteiger partial charge >= 0.3 is 0 Å². The summed E-state index contributed by atoms with van der Waals surface area (Å²) in [6, 6.07) is 150. The van der Waals surface area contributed by atoms with Gasteiger partial charge in [-0.05, 0) is 151 Å². The van der Waals surface area contributed by atoms with E-state index in [4.69, 9.17) is 51.4 Å². The predicted molar refractivity (Wildman–Crippen MR) is 525 cm³/mol. The van der Waals surface area contributed by atoms with Crippen LogP contribution in [0.4, 0.5) is 5.69 Å². The molecule has 0 unspecified atom stereocenters. The fourth-order valence-electron chi connectivity index (χ4n) is 17.3. The van der Waals surface area contributed by atoms with Gasteiger partial charge in [0.1, 0.15) is 0 Å². The van der Waals surface area contributed by atoms with Crippen LogP contribution in [0.5, 0.6) is 0 Å². The molecule has 0 aliphatic heterocycles. The normalized spacial score (nSPS) is 11.3. The molecule has 0 fully saturated rings. The molecule has 0 spiro atoms. The van der Waals surface area contributed by atoms with Crippen LogP contribution < -0.4 is 0 Å². The highest BCUT2D eigenvalue weighted by molar-refractivity contribution is 6.14. The van der Waals surface area contributed by atoms with Gasteiger partial charge < -0.3 is 0 Å².